The van der Waals surface area contributed by atoms with Crippen molar-refractivity contribution in [3.05, 3.63) is 69.3 Å². The SMILES string of the molecule is CCc1cc(=O)n2[nH]c(C3CCN(Cc4ccc(C#CC(C)(C)O)cc4)C3)cc2n1. The Bertz CT molecular complexity index is 1160. The van der Waals surface area contributed by atoms with Gasteiger partial charge in [-0.25, -0.2) is 9.50 Å². The first-order valence-corrected chi connectivity index (χ1v) is 10.5. The molecule has 1 aliphatic rings. The van der Waals surface area contributed by atoms with Gasteiger partial charge in [-0.2, -0.15) is 0 Å². The second-order valence-corrected chi connectivity index (χ2v) is 8.57. The number of aliphatic hydroxyl groups is 1. The Hall–Kier alpha value is -2.88. The van der Waals surface area contributed by atoms with Crippen molar-refractivity contribution >= 4 is 5.65 Å². The smallest absolute Gasteiger partial charge is 0.272 e. The Balaban J connectivity index is 1.42. The number of aromatic nitrogens is 3. The molecule has 0 saturated carbocycles. The minimum atomic E-state index is -0.982. The predicted octanol–water partition coefficient (Wildman–Crippen LogP) is 2.70. The summed E-state index contributed by atoms with van der Waals surface area (Å²) in [6.07, 6.45) is 1.81. The minimum absolute atomic E-state index is 0.0503. The Morgan fingerprint density at radius 1 is 1.27 bits per heavy atom. The van der Waals surface area contributed by atoms with Gasteiger partial charge in [0.1, 0.15) is 5.60 Å². The first-order valence-electron chi connectivity index (χ1n) is 10.5. The van der Waals surface area contributed by atoms with Crippen LogP contribution in [0.25, 0.3) is 5.65 Å². The van der Waals surface area contributed by atoms with Crippen molar-refractivity contribution < 1.29 is 5.11 Å². The van der Waals surface area contributed by atoms with E-state index < -0.39 is 5.60 Å². The third-order valence-corrected chi connectivity index (χ3v) is 5.47. The number of aromatic amines is 1. The van der Waals surface area contributed by atoms with Gasteiger partial charge in [0.15, 0.2) is 5.65 Å². The Labute approximate surface area is 176 Å². The van der Waals surface area contributed by atoms with E-state index in [1.54, 1.807) is 24.4 Å². The molecule has 1 unspecified atom stereocenters. The maximum absolute atomic E-state index is 12.3. The maximum Gasteiger partial charge on any atom is 0.272 e. The van der Waals surface area contributed by atoms with Crippen LogP contribution in [0.2, 0.25) is 0 Å². The molecule has 1 fully saturated rings. The van der Waals surface area contributed by atoms with Gasteiger partial charge in [-0.1, -0.05) is 30.9 Å². The van der Waals surface area contributed by atoms with Crippen LogP contribution in [0.3, 0.4) is 0 Å². The highest BCUT2D eigenvalue weighted by Crippen LogP contribution is 2.27. The van der Waals surface area contributed by atoms with E-state index in [9.17, 15) is 9.90 Å². The van der Waals surface area contributed by atoms with E-state index in [0.29, 0.717) is 11.6 Å². The van der Waals surface area contributed by atoms with Crippen LogP contribution in [-0.2, 0) is 13.0 Å². The van der Waals surface area contributed by atoms with Gasteiger partial charge in [0.25, 0.3) is 5.56 Å². The molecule has 0 aliphatic carbocycles. The highest BCUT2D eigenvalue weighted by molar-refractivity contribution is 5.41. The Morgan fingerprint density at radius 2 is 2.03 bits per heavy atom. The highest BCUT2D eigenvalue weighted by atomic mass is 16.3. The van der Waals surface area contributed by atoms with Crippen molar-refractivity contribution in [1.82, 2.24) is 19.5 Å². The summed E-state index contributed by atoms with van der Waals surface area (Å²) >= 11 is 0. The summed E-state index contributed by atoms with van der Waals surface area (Å²) in [6.45, 7) is 8.22. The van der Waals surface area contributed by atoms with Gasteiger partial charge >= 0.3 is 0 Å². The van der Waals surface area contributed by atoms with Gasteiger partial charge in [-0.3, -0.25) is 14.8 Å². The van der Waals surface area contributed by atoms with Crippen molar-refractivity contribution in [1.29, 1.82) is 0 Å². The summed E-state index contributed by atoms with van der Waals surface area (Å²) in [4.78, 5) is 19.3. The highest BCUT2D eigenvalue weighted by Gasteiger charge is 2.25. The average Bonchev–Trinajstić information content (AvgIpc) is 3.34. The van der Waals surface area contributed by atoms with E-state index in [4.69, 9.17) is 0 Å². The van der Waals surface area contributed by atoms with Crippen molar-refractivity contribution in [3.63, 3.8) is 0 Å². The lowest BCUT2D eigenvalue weighted by Crippen LogP contribution is -2.20. The van der Waals surface area contributed by atoms with E-state index in [-0.39, 0.29) is 5.56 Å². The maximum atomic E-state index is 12.3. The molecule has 6 nitrogen and oxygen atoms in total. The van der Waals surface area contributed by atoms with Crippen LogP contribution in [0.1, 0.15) is 55.6 Å². The first-order chi connectivity index (χ1) is 14.3. The van der Waals surface area contributed by atoms with Crippen LogP contribution in [0.15, 0.2) is 41.2 Å². The molecule has 1 aliphatic heterocycles. The summed E-state index contributed by atoms with van der Waals surface area (Å²) in [7, 11) is 0. The van der Waals surface area contributed by atoms with Gasteiger partial charge < -0.3 is 5.11 Å². The molecule has 0 radical (unpaired) electrons. The molecule has 1 saturated heterocycles. The van der Waals surface area contributed by atoms with Crippen LogP contribution >= 0.6 is 0 Å². The number of aryl methyl sites for hydroxylation is 1. The van der Waals surface area contributed by atoms with Crippen LogP contribution in [0.4, 0.5) is 0 Å². The third-order valence-electron chi connectivity index (χ3n) is 5.47. The molecule has 1 aromatic carbocycles. The molecule has 4 rings (SSSR count). The summed E-state index contributed by atoms with van der Waals surface area (Å²) < 4.78 is 1.55. The van der Waals surface area contributed by atoms with Gasteiger partial charge in [-0.05, 0) is 50.9 Å². The minimum Gasteiger partial charge on any atom is -0.378 e. The van der Waals surface area contributed by atoms with Crippen LogP contribution in [-0.4, -0.2) is 43.3 Å². The molecule has 3 aromatic rings. The molecule has 0 bridgehead atoms. The molecule has 6 heteroatoms. The fraction of sp³-hybridized carbons (Fsp3) is 0.417. The average molecular weight is 405 g/mol. The number of hydrogen-bond donors (Lipinski definition) is 2. The van der Waals surface area contributed by atoms with Crippen LogP contribution < -0.4 is 5.56 Å². The molecule has 3 heterocycles. The zero-order chi connectivity index (χ0) is 21.3. The Morgan fingerprint density at radius 3 is 2.73 bits per heavy atom. The summed E-state index contributed by atoms with van der Waals surface area (Å²) in [6, 6.07) is 11.8. The van der Waals surface area contributed by atoms with Gasteiger partial charge in [0.05, 0.1) is 0 Å². The molecular weight excluding hydrogens is 376 g/mol. The quantitative estimate of drug-likeness (QED) is 0.656. The van der Waals surface area contributed by atoms with Gasteiger partial charge in [-0.15, -0.1) is 0 Å². The molecule has 0 amide bonds. The number of benzene rings is 1. The van der Waals surface area contributed by atoms with Crippen molar-refractivity contribution in [2.75, 3.05) is 13.1 Å². The van der Waals surface area contributed by atoms with E-state index >= 15 is 0 Å². The zero-order valence-electron chi connectivity index (χ0n) is 17.8. The summed E-state index contributed by atoms with van der Waals surface area (Å²) in [5, 5.41) is 13.0. The molecule has 2 aromatic heterocycles. The lowest BCUT2D eigenvalue weighted by molar-refractivity contribution is 0.143. The fourth-order valence-corrected chi connectivity index (χ4v) is 3.86. The fourth-order valence-electron chi connectivity index (χ4n) is 3.86. The van der Waals surface area contributed by atoms with E-state index in [1.807, 2.05) is 25.1 Å². The number of hydrogen-bond acceptors (Lipinski definition) is 4. The molecule has 2 N–H and O–H groups in total. The van der Waals surface area contributed by atoms with E-state index in [0.717, 1.165) is 49.4 Å². The summed E-state index contributed by atoms with van der Waals surface area (Å²) in [5.41, 5.74) is 3.72. The number of rotatable bonds is 4. The van der Waals surface area contributed by atoms with Crippen LogP contribution in [0, 0.1) is 11.8 Å². The zero-order valence-corrected chi connectivity index (χ0v) is 17.8. The van der Waals surface area contributed by atoms with Crippen molar-refractivity contribution in [3.8, 4) is 11.8 Å². The largest absolute Gasteiger partial charge is 0.378 e. The van der Waals surface area contributed by atoms with Crippen molar-refractivity contribution in [2.45, 2.75) is 51.7 Å². The second-order valence-electron chi connectivity index (χ2n) is 8.57. The molecule has 1 atom stereocenters. The lowest BCUT2D eigenvalue weighted by atomic mass is 10.1. The monoisotopic (exact) mass is 404 g/mol. The molecular formula is C24H28N4O2. The van der Waals surface area contributed by atoms with Gasteiger partial charge in [0, 0.05) is 48.1 Å². The molecule has 156 valence electrons. The Kier molecular flexibility index (Phi) is 5.50. The normalized spacial score (nSPS) is 17.3. The number of likely N-dealkylation sites (tertiary alicyclic amines) is 1. The van der Waals surface area contributed by atoms with Gasteiger partial charge in [0.2, 0.25) is 0 Å². The molecule has 0 spiro atoms. The number of nitrogens with zero attached hydrogens (tertiary/aromatic N) is 3. The number of nitrogens with one attached hydrogen (secondary N) is 1. The van der Waals surface area contributed by atoms with Crippen molar-refractivity contribution in [2.24, 2.45) is 0 Å². The van der Waals surface area contributed by atoms with E-state index in [2.05, 4.69) is 39.0 Å². The van der Waals surface area contributed by atoms with Crippen LogP contribution in [0.5, 0.6) is 0 Å². The number of fused-ring (bicyclic) bond motifs is 1. The standard InChI is InChI=1S/C24H28N4O2/c1-4-20-13-23(29)28-22(25-20)14-21(26-28)19-10-12-27(16-19)15-18-7-5-17(6-8-18)9-11-24(2,3)30/h5-8,13-14,19,26,30H,4,10,12,15-16H2,1-3H3. The first kappa shape index (κ1) is 20.4. The second kappa shape index (κ2) is 8.10. The number of H-pyrrole nitrogens is 1. The molecule has 30 heavy (non-hydrogen) atoms. The summed E-state index contributed by atoms with van der Waals surface area (Å²) in [5.74, 6) is 6.22. The topological polar surface area (TPSA) is 73.6 Å². The third kappa shape index (κ3) is 4.64. The van der Waals surface area contributed by atoms with E-state index in [1.165, 1.54) is 5.56 Å². The lowest BCUT2D eigenvalue weighted by Gasteiger charge is -2.15. The predicted molar refractivity (Wildman–Crippen MR) is 117 cm³/mol.